The third-order valence-corrected chi connectivity index (χ3v) is 7.24. The van der Waals surface area contributed by atoms with Crippen molar-refractivity contribution in [3.63, 3.8) is 0 Å². The van der Waals surface area contributed by atoms with Gasteiger partial charge in [-0.1, -0.05) is 56.7 Å². The van der Waals surface area contributed by atoms with Crippen LogP contribution >= 0.6 is 0 Å². The quantitative estimate of drug-likeness (QED) is 0.471. The van der Waals surface area contributed by atoms with Crippen LogP contribution < -0.4 is 0 Å². The molecule has 1 aromatic carbocycles. The van der Waals surface area contributed by atoms with Crippen molar-refractivity contribution in [1.29, 1.82) is 10.5 Å². The third-order valence-electron chi connectivity index (χ3n) is 7.24. The fraction of sp³-hybridized carbons (Fsp3) is 0.615. The second-order valence-electron chi connectivity index (χ2n) is 9.02. The van der Waals surface area contributed by atoms with Crippen molar-refractivity contribution in [2.45, 2.75) is 83.0 Å². The highest BCUT2D eigenvalue weighted by atomic mass is 14.3. The molecule has 0 spiro atoms. The number of hydrogen-bond acceptors (Lipinski definition) is 2. The topological polar surface area (TPSA) is 47.6 Å². The molecule has 0 amide bonds. The highest BCUT2D eigenvalue weighted by Gasteiger charge is 2.25. The molecule has 148 valence electrons. The number of benzene rings is 1. The average Bonchev–Trinajstić information content (AvgIpc) is 2.76. The molecule has 0 aromatic heterocycles. The standard InChI is InChI=1S/C26H34N2/c27-19-3-1-2-4-21-5-7-22(8-6-21)9-10-23-11-15-25(16-12-23)26-17-13-24(20-28)14-18-26/h1,3,13-14,17-18,21-23,25H,2,4-12,15-16H2. The maximum absolute atomic E-state index is 8.95. The summed E-state index contributed by atoms with van der Waals surface area (Å²) < 4.78 is 0. The Labute approximate surface area is 171 Å². The lowest BCUT2D eigenvalue weighted by atomic mass is 9.74. The van der Waals surface area contributed by atoms with E-state index in [9.17, 15) is 0 Å². The summed E-state index contributed by atoms with van der Waals surface area (Å²) in [6.07, 6.45) is 19.9. The van der Waals surface area contributed by atoms with Crippen LogP contribution in [0.3, 0.4) is 0 Å². The maximum atomic E-state index is 8.95. The first kappa shape index (κ1) is 20.7. The van der Waals surface area contributed by atoms with Crippen molar-refractivity contribution >= 4 is 0 Å². The zero-order valence-electron chi connectivity index (χ0n) is 17.2. The third kappa shape index (κ3) is 6.24. The zero-order valence-corrected chi connectivity index (χ0v) is 17.2. The predicted octanol–water partition coefficient (Wildman–Crippen LogP) is 7.28. The molecule has 0 unspecified atom stereocenters. The first-order chi connectivity index (χ1) is 13.8. The van der Waals surface area contributed by atoms with Gasteiger partial charge in [0.15, 0.2) is 0 Å². The van der Waals surface area contributed by atoms with Crippen LogP contribution in [-0.4, -0.2) is 0 Å². The Morgan fingerprint density at radius 1 is 0.750 bits per heavy atom. The van der Waals surface area contributed by atoms with E-state index in [0.29, 0.717) is 5.92 Å². The lowest BCUT2D eigenvalue weighted by molar-refractivity contribution is 0.225. The van der Waals surface area contributed by atoms with Crippen LogP contribution in [0.25, 0.3) is 0 Å². The Morgan fingerprint density at radius 3 is 1.82 bits per heavy atom. The number of rotatable bonds is 7. The molecule has 2 heteroatoms. The van der Waals surface area contributed by atoms with Gasteiger partial charge < -0.3 is 0 Å². The van der Waals surface area contributed by atoms with Crippen molar-refractivity contribution in [3.05, 3.63) is 47.5 Å². The molecule has 0 atom stereocenters. The molecule has 3 rings (SSSR count). The summed E-state index contributed by atoms with van der Waals surface area (Å²) in [6, 6.07) is 12.6. The minimum Gasteiger partial charge on any atom is -0.193 e. The van der Waals surface area contributed by atoms with E-state index in [1.165, 1.54) is 76.2 Å². The van der Waals surface area contributed by atoms with E-state index in [4.69, 9.17) is 10.5 Å². The first-order valence-electron chi connectivity index (χ1n) is 11.3. The van der Waals surface area contributed by atoms with Crippen LogP contribution in [0, 0.1) is 40.4 Å². The van der Waals surface area contributed by atoms with Crippen molar-refractivity contribution in [2.75, 3.05) is 0 Å². The Bertz CT molecular complexity index is 687. The summed E-state index contributed by atoms with van der Waals surface area (Å²) in [5.41, 5.74) is 2.20. The van der Waals surface area contributed by atoms with Gasteiger partial charge in [-0.3, -0.25) is 0 Å². The minimum absolute atomic E-state index is 0.703. The van der Waals surface area contributed by atoms with E-state index in [-0.39, 0.29) is 0 Å². The van der Waals surface area contributed by atoms with E-state index in [0.717, 1.165) is 29.7 Å². The average molecular weight is 375 g/mol. The van der Waals surface area contributed by atoms with Gasteiger partial charge in [0, 0.05) is 6.08 Å². The van der Waals surface area contributed by atoms with Crippen LogP contribution in [0.4, 0.5) is 0 Å². The molecule has 28 heavy (non-hydrogen) atoms. The van der Waals surface area contributed by atoms with Gasteiger partial charge in [-0.15, -0.1) is 0 Å². The van der Waals surface area contributed by atoms with E-state index in [1.54, 1.807) is 6.08 Å². The summed E-state index contributed by atoms with van der Waals surface area (Å²) in [5.74, 6) is 3.49. The maximum Gasteiger partial charge on any atom is 0.0991 e. The van der Waals surface area contributed by atoms with Crippen LogP contribution in [0.5, 0.6) is 0 Å². The highest BCUT2D eigenvalue weighted by Crippen LogP contribution is 2.40. The minimum atomic E-state index is 0.703. The van der Waals surface area contributed by atoms with E-state index >= 15 is 0 Å². The number of allylic oxidation sites excluding steroid dienone is 2. The molecule has 2 fully saturated rings. The summed E-state index contributed by atoms with van der Waals surface area (Å²) >= 11 is 0. The Kier molecular flexibility index (Phi) is 8.17. The van der Waals surface area contributed by atoms with E-state index < -0.39 is 0 Å². The molecular formula is C26H34N2. The van der Waals surface area contributed by atoms with Gasteiger partial charge in [0.25, 0.3) is 0 Å². The Balaban J connectivity index is 1.31. The van der Waals surface area contributed by atoms with Gasteiger partial charge in [-0.2, -0.15) is 10.5 Å². The first-order valence-corrected chi connectivity index (χ1v) is 11.3. The summed E-state index contributed by atoms with van der Waals surface area (Å²) in [5, 5.41) is 17.5. The van der Waals surface area contributed by atoms with Crippen LogP contribution in [0.2, 0.25) is 0 Å². The molecule has 0 heterocycles. The van der Waals surface area contributed by atoms with E-state index in [2.05, 4.69) is 24.3 Å². The molecule has 0 N–H and O–H groups in total. The lowest BCUT2D eigenvalue weighted by Crippen LogP contribution is -2.17. The number of hydrogen-bond donors (Lipinski definition) is 0. The molecule has 2 nitrogen and oxygen atoms in total. The second-order valence-corrected chi connectivity index (χ2v) is 9.02. The SMILES string of the molecule is N#CC=CCCC1CCC(CCC2CCC(c3ccc(C#N)cc3)CC2)CC1. The zero-order chi connectivity index (χ0) is 19.6. The number of nitriles is 2. The van der Waals surface area contributed by atoms with Gasteiger partial charge >= 0.3 is 0 Å². The predicted molar refractivity (Wildman–Crippen MR) is 115 cm³/mol. The summed E-state index contributed by atoms with van der Waals surface area (Å²) in [7, 11) is 0. The van der Waals surface area contributed by atoms with Gasteiger partial charge in [0.05, 0.1) is 17.7 Å². The number of nitrogens with zero attached hydrogens (tertiary/aromatic N) is 2. The van der Waals surface area contributed by atoms with Crippen molar-refractivity contribution in [1.82, 2.24) is 0 Å². The van der Waals surface area contributed by atoms with Gasteiger partial charge in [-0.05, 0) is 79.9 Å². The van der Waals surface area contributed by atoms with Crippen molar-refractivity contribution in [2.24, 2.45) is 17.8 Å². The summed E-state index contributed by atoms with van der Waals surface area (Å²) in [6.45, 7) is 0. The largest absolute Gasteiger partial charge is 0.193 e. The fourth-order valence-electron chi connectivity index (χ4n) is 5.36. The molecular weight excluding hydrogens is 340 g/mol. The smallest absolute Gasteiger partial charge is 0.0991 e. The molecule has 0 aliphatic heterocycles. The Hall–Kier alpha value is -2.06. The molecule has 2 aliphatic carbocycles. The normalized spacial score (nSPS) is 27.9. The molecule has 0 saturated heterocycles. The van der Waals surface area contributed by atoms with Gasteiger partial charge in [0.1, 0.15) is 0 Å². The van der Waals surface area contributed by atoms with Crippen molar-refractivity contribution in [3.8, 4) is 12.1 Å². The molecule has 1 aromatic rings. The molecule has 2 aliphatic rings. The molecule has 0 bridgehead atoms. The monoisotopic (exact) mass is 374 g/mol. The van der Waals surface area contributed by atoms with Gasteiger partial charge in [-0.25, -0.2) is 0 Å². The van der Waals surface area contributed by atoms with Crippen LogP contribution in [0.1, 0.15) is 94.1 Å². The molecule has 2 saturated carbocycles. The van der Waals surface area contributed by atoms with Crippen LogP contribution in [-0.2, 0) is 0 Å². The van der Waals surface area contributed by atoms with E-state index in [1.807, 2.05) is 18.2 Å². The van der Waals surface area contributed by atoms with Crippen LogP contribution in [0.15, 0.2) is 36.4 Å². The summed E-state index contributed by atoms with van der Waals surface area (Å²) in [4.78, 5) is 0. The lowest BCUT2D eigenvalue weighted by Gasteiger charge is -2.32. The molecule has 0 radical (unpaired) electrons. The second kappa shape index (κ2) is 11.1. The Morgan fingerprint density at radius 2 is 1.29 bits per heavy atom. The van der Waals surface area contributed by atoms with Gasteiger partial charge in [0.2, 0.25) is 0 Å². The van der Waals surface area contributed by atoms with Crippen molar-refractivity contribution < 1.29 is 0 Å². The highest BCUT2D eigenvalue weighted by molar-refractivity contribution is 5.33. The fourth-order valence-corrected chi connectivity index (χ4v) is 5.36.